The summed E-state index contributed by atoms with van der Waals surface area (Å²) < 4.78 is 5.46. The van der Waals surface area contributed by atoms with Crippen LogP contribution in [0.4, 0.5) is 0 Å². The number of ether oxygens (including phenoxy) is 1. The first-order chi connectivity index (χ1) is 7.85. The number of carbonyl (C=O) groups excluding carboxylic acids is 1. The molecular weight excluding hydrogens is 216 g/mol. The zero-order chi connectivity index (χ0) is 12.8. The average Bonchev–Trinajstić information content (AvgIpc) is 2.14. The summed E-state index contributed by atoms with van der Waals surface area (Å²) in [5.74, 6) is 0.621. The van der Waals surface area contributed by atoms with Crippen molar-refractivity contribution in [2.75, 3.05) is 0 Å². The van der Waals surface area contributed by atoms with Gasteiger partial charge in [0.25, 0.3) is 0 Å². The molecule has 0 fully saturated rings. The van der Waals surface area contributed by atoms with E-state index in [0.29, 0.717) is 29.7 Å². The zero-order valence-corrected chi connectivity index (χ0v) is 10.3. The third-order valence-corrected chi connectivity index (χ3v) is 3.36. The van der Waals surface area contributed by atoms with E-state index in [1.807, 2.05) is 26.8 Å². The Bertz CT molecular complexity index is 492. The maximum absolute atomic E-state index is 12.1. The fraction of sp³-hybridized carbons (Fsp3) is 0.538. The van der Waals surface area contributed by atoms with E-state index in [1.54, 1.807) is 0 Å². The zero-order valence-electron chi connectivity index (χ0n) is 10.3. The summed E-state index contributed by atoms with van der Waals surface area (Å²) in [5.41, 5.74) is 6.61. The van der Waals surface area contributed by atoms with Gasteiger partial charge in [0.2, 0.25) is 5.88 Å². The maximum atomic E-state index is 12.1. The molecule has 0 unspecified atom stereocenters. The van der Waals surface area contributed by atoms with E-state index in [-0.39, 0.29) is 23.0 Å². The molecule has 90 valence electrons. The maximum Gasteiger partial charge on any atom is 0.204 e. The van der Waals surface area contributed by atoms with E-state index in [0.717, 1.165) is 0 Å². The van der Waals surface area contributed by atoms with E-state index in [1.165, 1.54) is 0 Å². The van der Waals surface area contributed by atoms with Crippen LogP contribution in [0.3, 0.4) is 0 Å². The van der Waals surface area contributed by atoms with Crippen LogP contribution in [0.15, 0.2) is 22.8 Å². The van der Waals surface area contributed by atoms with E-state index in [4.69, 9.17) is 15.7 Å². The van der Waals surface area contributed by atoms with Crippen LogP contribution >= 0.6 is 0 Å². The Kier molecular flexibility index (Phi) is 2.50. The smallest absolute Gasteiger partial charge is 0.204 e. The van der Waals surface area contributed by atoms with Crippen molar-refractivity contribution in [3.05, 3.63) is 22.8 Å². The normalized spacial score (nSPS) is 27.4. The number of hydrogen-bond donors (Lipinski definition) is 1. The van der Waals surface area contributed by atoms with Crippen molar-refractivity contribution in [3.8, 4) is 6.07 Å². The van der Waals surface area contributed by atoms with E-state index in [9.17, 15) is 4.79 Å². The third kappa shape index (κ3) is 1.82. The number of nitrogens with two attached hydrogens (primary N) is 1. The quantitative estimate of drug-likeness (QED) is 0.693. The molecular formula is C13H16N2O2. The molecule has 0 spiro atoms. The summed E-state index contributed by atoms with van der Waals surface area (Å²) in [5, 5.41) is 9.01. The van der Waals surface area contributed by atoms with Crippen LogP contribution in [-0.4, -0.2) is 5.78 Å². The number of hydrogen-bond acceptors (Lipinski definition) is 4. The van der Waals surface area contributed by atoms with Crippen molar-refractivity contribution in [2.45, 2.75) is 33.6 Å². The van der Waals surface area contributed by atoms with Gasteiger partial charge >= 0.3 is 0 Å². The molecule has 17 heavy (non-hydrogen) atoms. The highest BCUT2D eigenvalue weighted by Crippen LogP contribution is 2.43. The summed E-state index contributed by atoms with van der Waals surface area (Å²) in [6.45, 7) is 5.89. The second-order valence-electron chi connectivity index (χ2n) is 5.49. The second kappa shape index (κ2) is 3.63. The largest absolute Gasteiger partial charge is 0.444 e. The molecule has 2 aliphatic rings. The minimum absolute atomic E-state index is 0.0731. The summed E-state index contributed by atoms with van der Waals surface area (Å²) in [7, 11) is 0. The lowest BCUT2D eigenvalue weighted by Gasteiger charge is -2.36. The highest BCUT2D eigenvalue weighted by atomic mass is 16.5. The molecule has 0 saturated carbocycles. The molecule has 2 N–H and O–H groups in total. The van der Waals surface area contributed by atoms with Crippen molar-refractivity contribution >= 4 is 5.78 Å². The summed E-state index contributed by atoms with van der Waals surface area (Å²) in [6.07, 6.45) is 1.19. The van der Waals surface area contributed by atoms with Crippen molar-refractivity contribution in [1.29, 1.82) is 5.26 Å². The number of ketones is 1. The lowest BCUT2D eigenvalue weighted by molar-refractivity contribution is -0.119. The summed E-state index contributed by atoms with van der Waals surface area (Å²) >= 11 is 0. The van der Waals surface area contributed by atoms with E-state index < -0.39 is 0 Å². The first kappa shape index (κ1) is 11.7. The minimum atomic E-state index is -0.243. The number of carbonyl (C=O) groups is 1. The molecule has 0 aromatic rings. The monoisotopic (exact) mass is 232 g/mol. The van der Waals surface area contributed by atoms with Gasteiger partial charge in [0.05, 0.1) is 5.57 Å². The van der Waals surface area contributed by atoms with Gasteiger partial charge in [-0.15, -0.1) is 0 Å². The fourth-order valence-electron chi connectivity index (χ4n) is 2.55. The van der Waals surface area contributed by atoms with Crippen LogP contribution in [0, 0.1) is 22.7 Å². The molecule has 0 bridgehead atoms. The summed E-state index contributed by atoms with van der Waals surface area (Å²) in [6, 6.07) is 2.02. The van der Waals surface area contributed by atoms with Gasteiger partial charge in [-0.25, -0.2) is 0 Å². The SMILES string of the molecule is C[C@@H]1C(C#N)=C(N)OC2=C1C(=O)CC(C)(C)C2. The van der Waals surface area contributed by atoms with Gasteiger partial charge in [-0.05, 0) is 5.41 Å². The molecule has 0 aromatic carbocycles. The predicted octanol–water partition coefficient (Wildman–Crippen LogP) is 1.99. The highest BCUT2D eigenvalue weighted by Gasteiger charge is 2.40. The van der Waals surface area contributed by atoms with Crippen molar-refractivity contribution < 1.29 is 9.53 Å². The number of allylic oxidation sites excluding steroid dienone is 3. The van der Waals surface area contributed by atoms with Crippen LogP contribution in [0.5, 0.6) is 0 Å². The Labute approximate surface area is 101 Å². The number of Topliss-reactive ketones (excluding diaryl/α,β-unsaturated/α-hetero) is 1. The number of nitriles is 1. The van der Waals surface area contributed by atoms with Gasteiger partial charge in [-0.1, -0.05) is 20.8 Å². The lowest BCUT2D eigenvalue weighted by Crippen LogP contribution is -2.33. The van der Waals surface area contributed by atoms with Gasteiger partial charge in [0, 0.05) is 24.3 Å². The van der Waals surface area contributed by atoms with Gasteiger partial charge in [-0.3, -0.25) is 4.79 Å². The molecule has 1 atom stereocenters. The molecule has 4 nitrogen and oxygen atoms in total. The predicted molar refractivity (Wildman–Crippen MR) is 62.1 cm³/mol. The molecule has 0 aromatic heterocycles. The highest BCUT2D eigenvalue weighted by molar-refractivity contribution is 5.98. The fourth-order valence-corrected chi connectivity index (χ4v) is 2.55. The molecule has 0 saturated heterocycles. The van der Waals surface area contributed by atoms with Gasteiger partial charge in [0.1, 0.15) is 11.8 Å². The van der Waals surface area contributed by atoms with Crippen LogP contribution in [0.25, 0.3) is 0 Å². The molecule has 0 amide bonds. The molecule has 1 heterocycles. The first-order valence-corrected chi connectivity index (χ1v) is 5.69. The standard InChI is InChI=1S/C13H16N2O2/c1-7-8(6-14)12(15)17-10-5-13(2,3)4-9(16)11(7)10/h7H,4-5,15H2,1-3H3/t7-/m1/s1. The van der Waals surface area contributed by atoms with Gasteiger partial charge < -0.3 is 10.5 Å². The first-order valence-electron chi connectivity index (χ1n) is 5.69. The minimum Gasteiger partial charge on any atom is -0.444 e. The van der Waals surface area contributed by atoms with Crippen LogP contribution < -0.4 is 5.73 Å². The Morgan fingerprint density at radius 3 is 2.71 bits per heavy atom. The van der Waals surface area contributed by atoms with Gasteiger partial charge in [0.15, 0.2) is 5.78 Å². The van der Waals surface area contributed by atoms with E-state index >= 15 is 0 Å². The van der Waals surface area contributed by atoms with Crippen LogP contribution in [0.1, 0.15) is 33.6 Å². The topological polar surface area (TPSA) is 76.1 Å². The Balaban J connectivity index is 2.45. The molecule has 2 rings (SSSR count). The van der Waals surface area contributed by atoms with Crippen LogP contribution in [0.2, 0.25) is 0 Å². The molecule has 4 heteroatoms. The number of nitrogens with zero attached hydrogens (tertiary/aromatic N) is 1. The molecule has 1 aliphatic heterocycles. The van der Waals surface area contributed by atoms with E-state index in [2.05, 4.69) is 0 Å². The van der Waals surface area contributed by atoms with Gasteiger partial charge in [-0.2, -0.15) is 5.26 Å². The summed E-state index contributed by atoms with van der Waals surface area (Å²) in [4.78, 5) is 12.1. The molecule has 1 aliphatic carbocycles. The van der Waals surface area contributed by atoms with Crippen molar-refractivity contribution in [3.63, 3.8) is 0 Å². The Hall–Kier alpha value is -1.76. The lowest BCUT2D eigenvalue weighted by atomic mass is 9.72. The Morgan fingerprint density at radius 2 is 2.12 bits per heavy atom. The Morgan fingerprint density at radius 1 is 1.47 bits per heavy atom. The second-order valence-corrected chi connectivity index (χ2v) is 5.49. The average molecular weight is 232 g/mol. The van der Waals surface area contributed by atoms with Crippen molar-refractivity contribution in [2.24, 2.45) is 17.1 Å². The molecule has 0 radical (unpaired) electrons. The van der Waals surface area contributed by atoms with Crippen molar-refractivity contribution in [1.82, 2.24) is 0 Å². The van der Waals surface area contributed by atoms with Crippen LogP contribution in [-0.2, 0) is 9.53 Å². The number of rotatable bonds is 0. The third-order valence-electron chi connectivity index (χ3n) is 3.36.